The van der Waals surface area contributed by atoms with Crippen LogP contribution in [0.2, 0.25) is 0 Å². The molecule has 8 heteroatoms. The van der Waals surface area contributed by atoms with Crippen LogP contribution in [0.15, 0.2) is 77.2 Å². The molecular weight excluding hydrogens is 444 g/mol. The van der Waals surface area contributed by atoms with Crippen molar-refractivity contribution in [3.8, 4) is 17.2 Å². The number of rotatable bonds is 6. The minimum absolute atomic E-state index is 0.0537. The van der Waals surface area contributed by atoms with Gasteiger partial charge in [0.25, 0.3) is 11.8 Å². The van der Waals surface area contributed by atoms with Gasteiger partial charge in [-0.05, 0) is 48.9 Å². The second kappa shape index (κ2) is 9.89. The number of hydrogen-bond acceptors (Lipinski definition) is 5. The lowest BCUT2D eigenvalue weighted by molar-refractivity contribution is 0.0532. The van der Waals surface area contributed by atoms with Crippen LogP contribution in [0.5, 0.6) is 5.75 Å². The topological polar surface area (TPSA) is 91.7 Å². The highest BCUT2D eigenvalue weighted by atomic mass is 16.5. The summed E-state index contributed by atoms with van der Waals surface area (Å²) in [6.07, 6.45) is 0. The van der Waals surface area contributed by atoms with Crippen molar-refractivity contribution in [1.82, 2.24) is 20.0 Å². The highest BCUT2D eigenvalue weighted by Gasteiger charge is 2.27. The Balaban J connectivity index is 1.14. The van der Waals surface area contributed by atoms with Gasteiger partial charge in [0.05, 0.1) is 0 Å². The van der Waals surface area contributed by atoms with Crippen LogP contribution < -0.4 is 4.74 Å². The number of nitrogens with zero attached hydrogens (tertiary/aromatic N) is 3. The van der Waals surface area contributed by atoms with E-state index in [4.69, 9.17) is 9.15 Å². The molecule has 1 fully saturated rings. The number of ether oxygens (including phenoxy) is 1. The first-order chi connectivity index (χ1) is 17.1. The van der Waals surface area contributed by atoms with E-state index >= 15 is 0 Å². The zero-order valence-electron chi connectivity index (χ0n) is 19.4. The molecule has 4 aromatic rings. The van der Waals surface area contributed by atoms with Crippen LogP contribution in [0.4, 0.5) is 0 Å². The summed E-state index contributed by atoms with van der Waals surface area (Å²) >= 11 is 0. The average molecular weight is 471 g/mol. The number of nitrogens with one attached hydrogen (secondary N) is 1. The Bertz CT molecular complexity index is 1300. The fourth-order valence-corrected chi connectivity index (χ4v) is 4.03. The molecule has 2 amide bonds. The van der Waals surface area contributed by atoms with E-state index in [-0.39, 0.29) is 11.8 Å². The molecule has 8 nitrogen and oxygen atoms in total. The van der Waals surface area contributed by atoms with Crippen LogP contribution in [-0.4, -0.2) is 58.0 Å². The first-order valence-corrected chi connectivity index (χ1v) is 11.5. The number of carbonyl (C=O) groups is 2. The maximum absolute atomic E-state index is 13.0. The second-order valence-corrected chi connectivity index (χ2v) is 8.46. The Kier molecular flexibility index (Phi) is 6.34. The lowest BCUT2D eigenvalue weighted by Gasteiger charge is -2.34. The van der Waals surface area contributed by atoms with Crippen molar-refractivity contribution < 1.29 is 18.7 Å². The molecule has 3 heterocycles. The van der Waals surface area contributed by atoms with Gasteiger partial charge in [-0.3, -0.25) is 14.7 Å². The monoisotopic (exact) mass is 470 g/mol. The highest BCUT2D eigenvalue weighted by Crippen LogP contribution is 2.21. The van der Waals surface area contributed by atoms with Crippen molar-refractivity contribution in [2.45, 2.75) is 13.5 Å². The largest absolute Gasteiger partial charge is 0.489 e. The molecule has 1 saturated heterocycles. The molecule has 0 atom stereocenters. The summed E-state index contributed by atoms with van der Waals surface area (Å²) in [4.78, 5) is 29.3. The van der Waals surface area contributed by atoms with E-state index in [1.165, 1.54) is 0 Å². The number of H-pyrrole nitrogens is 1. The Hall–Kier alpha value is -4.33. The van der Waals surface area contributed by atoms with Crippen LogP contribution in [0.3, 0.4) is 0 Å². The Morgan fingerprint density at radius 2 is 1.60 bits per heavy atom. The smallest absolute Gasteiger partial charge is 0.274 e. The maximum atomic E-state index is 13.0. The number of aromatic amines is 1. The first kappa shape index (κ1) is 22.5. The van der Waals surface area contributed by atoms with Crippen molar-refractivity contribution in [2.75, 3.05) is 26.2 Å². The minimum atomic E-state index is -0.164. The zero-order chi connectivity index (χ0) is 24.2. The van der Waals surface area contributed by atoms with Gasteiger partial charge in [0.1, 0.15) is 23.8 Å². The second-order valence-electron chi connectivity index (χ2n) is 8.46. The molecule has 0 saturated carbocycles. The van der Waals surface area contributed by atoms with Gasteiger partial charge in [-0.25, -0.2) is 0 Å². The Morgan fingerprint density at radius 3 is 2.26 bits per heavy atom. The van der Waals surface area contributed by atoms with Crippen LogP contribution in [0, 0.1) is 6.92 Å². The summed E-state index contributed by atoms with van der Waals surface area (Å²) in [5, 5.41) is 7.01. The van der Waals surface area contributed by atoms with Gasteiger partial charge in [-0.1, -0.05) is 30.3 Å². The molecule has 0 spiro atoms. The first-order valence-electron chi connectivity index (χ1n) is 11.5. The third kappa shape index (κ3) is 5.11. The molecule has 0 radical (unpaired) electrons. The fraction of sp³-hybridized carbons (Fsp3) is 0.222. The minimum Gasteiger partial charge on any atom is -0.489 e. The summed E-state index contributed by atoms with van der Waals surface area (Å²) in [6.45, 7) is 4.16. The lowest BCUT2D eigenvalue weighted by Crippen LogP contribution is -2.50. The van der Waals surface area contributed by atoms with E-state index < -0.39 is 0 Å². The number of piperazine rings is 1. The molecule has 2 aromatic carbocycles. The molecule has 35 heavy (non-hydrogen) atoms. The van der Waals surface area contributed by atoms with Crippen molar-refractivity contribution in [3.63, 3.8) is 0 Å². The number of hydrogen-bond donors (Lipinski definition) is 1. The molecule has 1 aliphatic rings. The van der Waals surface area contributed by atoms with Gasteiger partial charge in [-0.15, -0.1) is 0 Å². The van der Waals surface area contributed by atoms with E-state index in [1.807, 2.05) is 61.5 Å². The van der Waals surface area contributed by atoms with Crippen LogP contribution >= 0.6 is 0 Å². The van der Waals surface area contributed by atoms with E-state index in [1.54, 1.807) is 28.0 Å². The van der Waals surface area contributed by atoms with Crippen molar-refractivity contribution in [2.24, 2.45) is 0 Å². The third-order valence-electron chi connectivity index (χ3n) is 6.01. The number of aromatic nitrogens is 2. The van der Waals surface area contributed by atoms with Gasteiger partial charge >= 0.3 is 0 Å². The molecule has 0 unspecified atom stereocenters. The maximum Gasteiger partial charge on any atom is 0.274 e. The van der Waals surface area contributed by atoms with Crippen molar-refractivity contribution >= 4 is 11.8 Å². The molecule has 1 aliphatic heterocycles. The van der Waals surface area contributed by atoms with Gasteiger partial charge < -0.3 is 19.0 Å². The van der Waals surface area contributed by atoms with Crippen LogP contribution in [0.1, 0.15) is 32.2 Å². The fourth-order valence-electron chi connectivity index (χ4n) is 4.03. The molecule has 0 bridgehead atoms. The number of carbonyl (C=O) groups excluding carboxylic acids is 2. The number of aryl methyl sites for hydroxylation is 1. The Labute approximate surface area is 203 Å². The molecule has 1 N–H and O–H groups in total. The molecule has 5 rings (SSSR count). The highest BCUT2D eigenvalue weighted by molar-refractivity contribution is 5.95. The summed E-state index contributed by atoms with van der Waals surface area (Å²) in [5.74, 6) is 1.92. The SMILES string of the molecule is Cc1ccc(-c2cc(C(=O)N3CCN(C(=O)c4ccc(OCc5ccccc5)cc4)CC3)n[nH]2)o1. The molecule has 2 aromatic heterocycles. The van der Waals surface area contributed by atoms with E-state index in [2.05, 4.69) is 10.2 Å². The van der Waals surface area contributed by atoms with E-state index in [0.717, 1.165) is 11.3 Å². The predicted octanol–water partition coefficient (Wildman–Crippen LogP) is 4.16. The predicted molar refractivity (Wildman–Crippen MR) is 130 cm³/mol. The van der Waals surface area contributed by atoms with Crippen molar-refractivity contribution in [1.29, 1.82) is 0 Å². The van der Waals surface area contributed by atoms with Gasteiger partial charge in [0, 0.05) is 37.8 Å². The van der Waals surface area contributed by atoms with E-state index in [0.29, 0.717) is 61.2 Å². The normalized spacial score (nSPS) is 13.6. The van der Waals surface area contributed by atoms with Crippen molar-refractivity contribution in [3.05, 3.63) is 95.4 Å². The molecular formula is C27H26N4O4. The summed E-state index contributed by atoms with van der Waals surface area (Å²) in [7, 11) is 0. The molecule has 178 valence electrons. The summed E-state index contributed by atoms with van der Waals surface area (Å²) < 4.78 is 11.4. The summed E-state index contributed by atoms with van der Waals surface area (Å²) in [5.41, 5.74) is 2.68. The third-order valence-corrected chi connectivity index (χ3v) is 6.01. The van der Waals surface area contributed by atoms with Gasteiger partial charge in [0.15, 0.2) is 11.5 Å². The number of amides is 2. The standard InChI is InChI=1S/C27H26N4O4/c1-19-7-12-25(35-19)23-17-24(29-28-23)27(33)31-15-13-30(14-16-31)26(32)21-8-10-22(11-9-21)34-18-20-5-3-2-4-6-20/h2-12,17H,13-16,18H2,1H3,(H,28,29). The summed E-state index contributed by atoms with van der Waals surface area (Å²) in [6, 6.07) is 22.5. The number of benzene rings is 2. The van der Waals surface area contributed by atoms with Gasteiger partial charge in [-0.2, -0.15) is 5.10 Å². The van der Waals surface area contributed by atoms with Crippen LogP contribution in [0.25, 0.3) is 11.5 Å². The van der Waals surface area contributed by atoms with Crippen LogP contribution in [-0.2, 0) is 6.61 Å². The quantitative estimate of drug-likeness (QED) is 0.457. The zero-order valence-corrected chi connectivity index (χ0v) is 19.4. The Morgan fingerprint density at radius 1 is 0.914 bits per heavy atom. The van der Waals surface area contributed by atoms with Gasteiger partial charge in [0.2, 0.25) is 0 Å². The van der Waals surface area contributed by atoms with E-state index in [9.17, 15) is 9.59 Å². The average Bonchev–Trinajstić information content (AvgIpc) is 3.57. The lowest BCUT2D eigenvalue weighted by atomic mass is 10.1. The molecule has 0 aliphatic carbocycles. The number of furan rings is 1.